The first-order valence-electron chi connectivity index (χ1n) is 6.70. The molecule has 0 saturated carbocycles. The predicted molar refractivity (Wildman–Crippen MR) is 80.1 cm³/mol. The van der Waals surface area contributed by atoms with E-state index in [0.717, 1.165) is 5.56 Å². The van der Waals surface area contributed by atoms with Crippen molar-refractivity contribution in [3.8, 4) is 0 Å². The molecule has 0 spiro atoms. The van der Waals surface area contributed by atoms with Crippen LogP contribution in [0.5, 0.6) is 0 Å². The summed E-state index contributed by atoms with van der Waals surface area (Å²) >= 11 is 0. The molecule has 0 saturated heterocycles. The van der Waals surface area contributed by atoms with Crippen LogP contribution in [-0.2, 0) is 21.3 Å². The highest BCUT2D eigenvalue weighted by atomic mass is 32.2. The number of benzene rings is 1. The fourth-order valence-corrected chi connectivity index (χ4v) is 2.72. The predicted octanol–water partition coefficient (Wildman–Crippen LogP) is 1.50. The lowest BCUT2D eigenvalue weighted by atomic mass is 10.2. The van der Waals surface area contributed by atoms with Crippen LogP contribution in [0.3, 0.4) is 0 Å². The Balaban J connectivity index is 2.76. The monoisotopic (exact) mass is 300 g/mol. The first kappa shape index (κ1) is 17.1. The Morgan fingerprint density at radius 3 is 2.55 bits per heavy atom. The summed E-state index contributed by atoms with van der Waals surface area (Å²) in [5, 5.41) is 3.26. The minimum atomic E-state index is -3.48. The number of ether oxygens (including phenoxy) is 1. The van der Waals surface area contributed by atoms with Crippen molar-refractivity contribution < 1.29 is 13.2 Å². The summed E-state index contributed by atoms with van der Waals surface area (Å²) in [6.07, 6.45) is -0.157. The van der Waals surface area contributed by atoms with Crippen molar-refractivity contribution in [1.82, 2.24) is 10.0 Å². The van der Waals surface area contributed by atoms with Gasteiger partial charge in [-0.05, 0) is 24.6 Å². The Kier molecular flexibility index (Phi) is 6.61. The largest absolute Gasteiger partial charge is 0.380 e. The van der Waals surface area contributed by atoms with Gasteiger partial charge in [0.1, 0.15) is 0 Å². The van der Waals surface area contributed by atoms with Gasteiger partial charge in [-0.3, -0.25) is 0 Å². The molecule has 1 unspecified atom stereocenters. The molecule has 6 heteroatoms. The summed E-state index contributed by atoms with van der Waals surface area (Å²) in [5.74, 6) is 0. The zero-order valence-electron chi connectivity index (χ0n) is 12.5. The minimum absolute atomic E-state index is 0.157. The third-order valence-electron chi connectivity index (χ3n) is 2.89. The molecule has 20 heavy (non-hydrogen) atoms. The Hall–Kier alpha value is -0.950. The molecule has 1 aromatic carbocycles. The van der Waals surface area contributed by atoms with E-state index in [0.29, 0.717) is 12.6 Å². The Morgan fingerprint density at radius 2 is 1.95 bits per heavy atom. The molecule has 0 aliphatic rings. The average molecular weight is 300 g/mol. The van der Waals surface area contributed by atoms with E-state index in [1.165, 1.54) is 0 Å². The quantitative estimate of drug-likeness (QED) is 0.763. The Bertz CT molecular complexity index is 515. The van der Waals surface area contributed by atoms with Gasteiger partial charge in [-0.2, -0.15) is 0 Å². The molecule has 0 aliphatic carbocycles. The SMILES string of the molecule is COC(C)CNS(=O)(=O)c1cccc(CNC(C)C)c1. The van der Waals surface area contributed by atoms with Gasteiger partial charge < -0.3 is 10.1 Å². The van der Waals surface area contributed by atoms with Gasteiger partial charge in [0.05, 0.1) is 11.0 Å². The second kappa shape index (κ2) is 7.73. The van der Waals surface area contributed by atoms with Crippen molar-refractivity contribution in [1.29, 1.82) is 0 Å². The highest BCUT2D eigenvalue weighted by Gasteiger charge is 2.15. The molecule has 1 rings (SSSR count). The smallest absolute Gasteiger partial charge is 0.240 e. The van der Waals surface area contributed by atoms with Crippen molar-refractivity contribution in [2.45, 2.75) is 44.4 Å². The van der Waals surface area contributed by atoms with Crippen LogP contribution in [0.4, 0.5) is 0 Å². The Morgan fingerprint density at radius 1 is 1.25 bits per heavy atom. The van der Waals surface area contributed by atoms with Crippen molar-refractivity contribution in [3.05, 3.63) is 29.8 Å². The van der Waals surface area contributed by atoms with E-state index >= 15 is 0 Å². The summed E-state index contributed by atoms with van der Waals surface area (Å²) in [4.78, 5) is 0.281. The van der Waals surface area contributed by atoms with Crippen molar-refractivity contribution >= 4 is 10.0 Å². The molecule has 0 radical (unpaired) electrons. The maximum Gasteiger partial charge on any atom is 0.240 e. The zero-order chi connectivity index (χ0) is 15.2. The molecule has 0 heterocycles. The van der Waals surface area contributed by atoms with Crippen LogP contribution in [0.1, 0.15) is 26.3 Å². The molecule has 0 aliphatic heterocycles. The van der Waals surface area contributed by atoms with E-state index in [4.69, 9.17) is 4.74 Å². The van der Waals surface area contributed by atoms with Crippen molar-refractivity contribution in [2.75, 3.05) is 13.7 Å². The number of methoxy groups -OCH3 is 1. The van der Waals surface area contributed by atoms with Gasteiger partial charge in [-0.1, -0.05) is 26.0 Å². The molecule has 0 amide bonds. The van der Waals surface area contributed by atoms with Gasteiger partial charge in [0, 0.05) is 26.2 Å². The summed E-state index contributed by atoms with van der Waals surface area (Å²) in [6.45, 7) is 6.82. The summed E-state index contributed by atoms with van der Waals surface area (Å²) in [6, 6.07) is 7.31. The highest BCUT2D eigenvalue weighted by molar-refractivity contribution is 7.89. The van der Waals surface area contributed by atoms with E-state index in [1.807, 2.05) is 26.8 Å². The summed E-state index contributed by atoms with van der Waals surface area (Å²) in [7, 11) is -1.93. The van der Waals surface area contributed by atoms with Crippen LogP contribution in [0, 0.1) is 0 Å². The number of sulfonamides is 1. The molecule has 0 fully saturated rings. The van der Waals surface area contributed by atoms with E-state index < -0.39 is 10.0 Å². The van der Waals surface area contributed by atoms with Gasteiger partial charge in [0.2, 0.25) is 10.0 Å². The average Bonchev–Trinajstić information content (AvgIpc) is 2.43. The Labute approximate surface area is 121 Å². The number of rotatable bonds is 8. The fourth-order valence-electron chi connectivity index (χ4n) is 1.54. The first-order chi connectivity index (χ1) is 9.35. The van der Waals surface area contributed by atoms with E-state index in [2.05, 4.69) is 10.0 Å². The molecular weight excluding hydrogens is 276 g/mol. The van der Waals surface area contributed by atoms with Crippen LogP contribution in [-0.4, -0.2) is 34.2 Å². The number of hydrogen-bond donors (Lipinski definition) is 2. The molecule has 2 N–H and O–H groups in total. The molecule has 0 aromatic heterocycles. The van der Waals surface area contributed by atoms with Crippen LogP contribution >= 0.6 is 0 Å². The van der Waals surface area contributed by atoms with Gasteiger partial charge in [-0.25, -0.2) is 13.1 Å². The minimum Gasteiger partial charge on any atom is -0.380 e. The first-order valence-corrected chi connectivity index (χ1v) is 8.18. The number of nitrogens with one attached hydrogen (secondary N) is 2. The van der Waals surface area contributed by atoms with Gasteiger partial charge in [-0.15, -0.1) is 0 Å². The number of hydrogen-bond acceptors (Lipinski definition) is 4. The normalized spacial score (nSPS) is 13.7. The molecular formula is C14H24N2O3S. The van der Waals surface area contributed by atoms with E-state index in [-0.39, 0.29) is 17.5 Å². The standard InChI is InChI=1S/C14H24N2O3S/c1-11(2)15-10-13-6-5-7-14(8-13)20(17,18)16-9-12(3)19-4/h5-8,11-12,15-16H,9-10H2,1-4H3. The lowest BCUT2D eigenvalue weighted by molar-refractivity contribution is 0.122. The van der Waals surface area contributed by atoms with Crippen LogP contribution in [0.25, 0.3) is 0 Å². The van der Waals surface area contributed by atoms with Crippen LogP contribution in [0.15, 0.2) is 29.2 Å². The van der Waals surface area contributed by atoms with Crippen molar-refractivity contribution in [2.24, 2.45) is 0 Å². The summed E-state index contributed by atoms with van der Waals surface area (Å²) < 4.78 is 31.9. The third-order valence-corrected chi connectivity index (χ3v) is 4.31. The second-order valence-corrected chi connectivity index (χ2v) is 6.85. The lowest BCUT2D eigenvalue weighted by Gasteiger charge is -2.13. The van der Waals surface area contributed by atoms with Crippen molar-refractivity contribution in [3.63, 3.8) is 0 Å². The lowest BCUT2D eigenvalue weighted by Crippen LogP contribution is -2.31. The molecule has 1 atom stereocenters. The molecule has 0 bridgehead atoms. The maximum atomic E-state index is 12.2. The van der Waals surface area contributed by atoms with Gasteiger partial charge in [0.15, 0.2) is 0 Å². The maximum absolute atomic E-state index is 12.2. The molecule has 1 aromatic rings. The molecule has 114 valence electrons. The fraction of sp³-hybridized carbons (Fsp3) is 0.571. The second-order valence-electron chi connectivity index (χ2n) is 5.08. The summed E-state index contributed by atoms with van der Waals surface area (Å²) in [5.41, 5.74) is 0.946. The van der Waals surface area contributed by atoms with Gasteiger partial charge in [0.25, 0.3) is 0 Å². The zero-order valence-corrected chi connectivity index (χ0v) is 13.3. The third kappa shape index (κ3) is 5.58. The van der Waals surface area contributed by atoms with E-state index in [9.17, 15) is 8.42 Å². The van der Waals surface area contributed by atoms with Gasteiger partial charge >= 0.3 is 0 Å². The van der Waals surface area contributed by atoms with Crippen LogP contribution in [0.2, 0.25) is 0 Å². The molecule has 5 nitrogen and oxygen atoms in total. The highest BCUT2D eigenvalue weighted by Crippen LogP contribution is 2.11. The topological polar surface area (TPSA) is 67.4 Å². The van der Waals surface area contributed by atoms with E-state index in [1.54, 1.807) is 25.3 Å². The van der Waals surface area contributed by atoms with Crippen LogP contribution < -0.4 is 10.0 Å².